The molecule has 0 unspecified atom stereocenters. The number of aromatic nitrogens is 2. The number of nitrogens with one attached hydrogen (secondary N) is 1. The Bertz CT molecular complexity index is 1110. The smallest absolute Gasteiger partial charge is 0.347 e. The molecule has 22 heavy (non-hydrogen) atoms. The summed E-state index contributed by atoms with van der Waals surface area (Å²) in [4.78, 5) is 16.5. The summed E-state index contributed by atoms with van der Waals surface area (Å²) < 4.78 is 6.90. The van der Waals surface area contributed by atoms with Gasteiger partial charge in [-0.2, -0.15) is 0 Å². The molecule has 0 amide bonds. The van der Waals surface area contributed by atoms with E-state index in [0.717, 1.165) is 5.39 Å². The zero-order valence-electron chi connectivity index (χ0n) is 11.5. The molecule has 0 aliphatic heterocycles. The summed E-state index contributed by atoms with van der Waals surface area (Å²) in [5.74, 6) is 0.585. The molecule has 0 fully saturated rings. The number of nitrogens with zero attached hydrogens (tertiary/aromatic N) is 2. The lowest BCUT2D eigenvalue weighted by Crippen LogP contribution is -2.23. The van der Waals surface area contributed by atoms with E-state index >= 15 is 0 Å². The number of fused-ring (bicyclic) bond motifs is 3. The first kappa shape index (κ1) is 12.5. The SMILES string of the molecule is N=c1c2c(=O)oc3ccccc3c2ccn1-c1ccccn1. The summed E-state index contributed by atoms with van der Waals surface area (Å²) in [6.45, 7) is 0. The van der Waals surface area contributed by atoms with Crippen LogP contribution < -0.4 is 11.1 Å². The Morgan fingerprint density at radius 2 is 1.82 bits per heavy atom. The van der Waals surface area contributed by atoms with Crippen LogP contribution in [0.25, 0.3) is 27.6 Å². The van der Waals surface area contributed by atoms with Crippen molar-refractivity contribution in [1.82, 2.24) is 9.55 Å². The third kappa shape index (κ3) is 1.76. The number of benzene rings is 1. The van der Waals surface area contributed by atoms with Crippen LogP contribution in [0.2, 0.25) is 0 Å². The average molecular weight is 289 g/mol. The first-order valence-electron chi connectivity index (χ1n) is 6.79. The minimum absolute atomic E-state index is 0.0655. The summed E-state index contributed by atoms with van der Waals surface area (Å²) in [6.07, 6.45) is 3.40. The zero-order valence-corrected chi connectivity index (χ0v) is 11.5. The van der Waals surface area contributed by atoms with Crippen LogP contribution in [0, 0.1) is 5.41 Å². The highest BCUT2D eigenvalue weighted by molar-refractivity contribution is 6.03. The fraction of sp³-hybridized carbons (Fsp3) is 0. The molecule has 5 nitrogen and oxygen atoms in total. The highest BCUT2D eigenvalue weighted by Gasteiger charge is 2.11. The van der Waals surface area contributed by atoms with Crippen LogP contribution in [0.4, 0.5) is 0 Å². The van der Waals surface area contributed by atoms with Crippen molar-refractivity contribution in [3.63, 3.8) is 0 Å². The van der Waals surface area contributed by atoms with E-state index in [-0.39, 0.29) is 10.9 Å². The first-order chi connectivity index (χ1) is 10.8. The first-order valence-corrected chi connectivity index (χ1v) is 6.79. The maximum absolute atomic E-state index is 12.3. The van der Waals surface area contributed by atoms with Crippen molar-refractivity contribution in [3.05, 3.63) is 76.8 Å². The van der Waals surface area contributed by atoms with Gasteiger partial charge in [0.1, 0.15) is 22.3 Å². The standard InChI is InChI=1S/C17H11N3O2/c18-16-15-12(8-10-20(16)14-7-3-4-9-19-14)11-5-1-2-6-13(11)22-17(15)21/h1-10,18H. The number of pyridine rings is 2. The van der Waals surface area contributed by atoms with Gasteiger partial charge in [0.25, 0.3) is 0 Å². The minimum atomic E-state index is -0.510. The van der Waals surface area contributed by atoms with E-state index in [1.165, 1.54) is 0 Å². The molecule has 106 valence electrons. The molecule has 3 aromatic heterocycles. The number of para-hydroxylation sites is 1. The van der Waals surface area contributed by atoms with Crippen LogP contribution in [0.5, 0.6) is 0 Å². The fourth-order valence-corrected chi connectivity index (χ4v) is 2.60. The summed E-state index contributed by atoms with van der Waals surface area (Å²) >= 11 is 0. The lowest BCUT2D eigenvalue weighted by molar-refractivity contribution is 0.568. The second kappa shape index (κ2) is 4.66. The van der Waals surface area contributed by atoms with E-state index in [0.29, 0.717) is 16.8 Å². The molecule has 0 aliphatic rings. The van der Waals surface area contributed by atoms with E-state index in [1.54, 1.807) is 35.2 Å². The van der Waals surface area contributed by atoms with E-state index in [9.17, 15) is 4.79 Å². The van der Waals surface area contributed by atoms with Gasteiger partial charge in [0.05, 0.1) is 0 Å². The Morgan fingerprint density at radius 1 is 1.00 bits per heavy atom. The van der Waals surface area contributed by atoms with Crippen LogP contribution in [0.1, 0.15) is 0 Å². The average Bonchev–Trinajstić information content (AvgIpc) is 2.56. The molecule has 0 saturated heterocycles. The summed E-state index contributed by atoms with van der Waals surface area (Å²) in [7, 11) is 0. The molecule has 0 aliphatic carbocycles. The predicted molar refractivity (Wildman–Crippen MR) is 83.0 cm³/mol. The van der Waals surface area contributed by atoms with Crippen molar-refractivity contribution in [2.75, 3.05) is 0 Å². The van der Waals surface area contributed by atoms with Crippen LogP contribution >= 0.6 is 0 Å². The van der Waals surface area contributed by atoms with Gasteiger partial charge in [-0.3, -0.25) is 9.98 Å². The van der Waals surface area contributed by atoms with E-state index in [4.69, 9.17) is 9.83 Å². The lowest BCUT2D eigenvalue weighted by atomic mass is 10.1. The van der Waals surface area contributed by atoms with Gasteiger partial charge in [-0.1, -0.05) is 24.3 Å². The summed E-state index contributed by atoms with van der Waals surface area (Å²) in [6, 6.07) is 14.6. The summed E-state index contributed by atoms with van der Waals surface area (Å²) in [5, 5.41) is 10.1. The topological polar surface area (TPSA) is 71.9 Å². The number of hydrogen-bond donors (Lipinski definition) is 1. The van der Waals surface area contributed by atoms with Crippen molar-refractivity contribution < 1.29 is 4.42 Å². The monoisotopic (exact) mass is 289 g/mol. The lowest BCUT2D eigenvalue weighted by Gasteiger charge is -2.08. The van der Waals surface area contributed by atoms with E-state index in [2.05, 4.69) is 4.98 Å². The Hall–Kier alpha value is -3.21. The number of hydrogen-bond acceptors (Lipinski definition) is 4. The van der Waals surface area contributed by atoms with Crippen molar-refractivity contribution in [2.24, 2.45) is 0 Å². The normalized spacial score (nSPS) is 11.1. The third-order valence-corrected chi connectivity index (χ3v) is 3.62. The van der Waals surface area contributed by atoms with Gasteiger partial charge in [-0.15, -0.1) is 0 Å². The maximum atomic E-state index is 12.3. The van der Waals surface area contributed by atoms with Gasteiger partial charge >= 0.3 is 5.63 Å². The largest absolute Gasteiger partial charge is 0.422 e. The molecular formula is C17H11N3O2. The van der Waals surface area contributed by atoms with Gasteiger partial charge < -0.3 is 4.42 Å². The van der Waals surface area contributed by atoms with Crippen molar-refractivity contribution >= 4 is 21.7 Å². The molecule has 1 aromatic carbocycles. The Morgan fingerprint density at radius 3 is 2.64 bits per heavy atom. The van der Waals surface area contributed by atoms with Crippen molar-refractivity contribution in [3.8, 4) is 5.82 Å². The highest BCUT2D eigenvalue weighted by Crippen LogP contribution is 2.20. The fourth-order valence-electron chi connectivity index (χ4n) is 2.60. The second-order valence-electron chi connectivity index (χ2n) is 4.90. The minimum Gasteiger partial charge on any atom is -0.422 e. The summed E-state index contributed by atoms with van der Waals surface area (Å²) in [5.41, 5.74) is 0.0784. The Kier molecular flexibility index (Phi) is 2.66. The maximum Gasteiger partial charge on any atom is 0.347 e. The highest BCUT2D eigenvalue weighted by atomic mass is 16.4. The van der Waals surface area contributed by atoms with Crippen LogP contribution in [-0.2, 0) is 0 Å². The molecule has 5 heteroatoms. The second-order valence-corrected chi connectivity index (χ2v) is 4.90. The van der Waals surface area contributed by atoms with Crippen LogP contribution in [0.3, 0.4) is 0 Å². The number of rotatable bonds is 1. The van der Waals surface area contributed by atoms with Crippen LogP contribution in [0.15, 0.2) is 70.1 Å². The molecule has 4 aromatic rings. The predicted octanol–water partition coefficient (Wildman–Crippen LogP) is 2.61. The van der Waals surface area contributed by atoms with E-state index in [1.807, 2.05) is 30.3 Å². The Labute approximate surface area is 124 Å². The van der Waals surface area contributed by atoms with Crippen molar-refractivity contribution in [2.45, 2.75) is 0 Å². The molecule has 0 radical (unpaired) electrons. The quantitative estimate of drug-likeness (QED) is 0.432. The van der Waals surface area contributed by atoms with Gasteiger partial charge in [-0.05, 0) is 24.3 Å². The van der Waals surface area contributed by atoms with Gasteiger partial charge in [0.2, 0.25) is 0 Å². The van der Waals surface area contributed by atoms with Crippen LogP contribution in [-0.4, -0.2) is 9.55 Å². The molecule has 0 spiro atoms. The van der Waals surface area contributed by atoms with E-state index < -0.39 is 5.63 Å². The molecular weight excluding hydrogens is 278 g/mol. The molecule has 0 bridgehead atoms. The molecule has 0 saturated carbocycles. The molecule has 4 rings (SSSR count). The Balaban J connectivity index is 2.17. The molecule has 0 atom stereocenters. The van der Waals surface area contributed by atoms with Gasteiger partial charge in [0.15, 0.2) is 0 Å². The zero-order chi connectivity index (χ0) is 15.1. The molecule has 3 heterocycles. The molecule has 1 N–H and O–H groups in total. The van der Waals surface area contributed by atoms with Crippen molar-refractivity contribution in [1.29, 1.82) is 5.41 Å². The third-order valence-electron chi connectivity index (χ3n) is 3.62. The van der Waals surface area contributed by atoms with Gasteiger partial charge in [-0.25, -0.2) is 9.78 Å². The van der Waals surface area contributed by atoms with Gasteiger partial charge in [0, 0.05) is 23.2 Å².